The molecule has 0 fully saturated rings. The average molecular weight is 234 g/mol. The van der Waals surface area contributed by atoms with E-state index in [1.165, 1.54) is 0 Å². The Balaban J connectivity index is 3.59. The Morgan fingerprint density at radius 3 is 2.73 bits per heavy atom. The maximum Gasteiger partial charge on any atom is 0.271 e. The van der Waals surface area contributed by atoms with Crippen LogP contribution in [0.1, 0.15) is 0 Å². The van der Waals surface area contributed by atoms with Gasteiger partial charge in [0, 0.05) is 0 Å². The lowest BCUT2D eigenvalue weighted by Crippen LogP contribution is -2.17. The SMILES string of the molecule is [B]c1c(Br)[nH]c(=O)c(Cl)c1O. The molecule has 11 heavy (non-hydrogen) atoms. The van der Waals surface area contributed by atoms with Gasteiger partial charge in [-0.05, 0) is 21.4 Å². The van der Waals surface area contributed by atoms with Gasteiger partial charge in [0.1, 0.15) is 18.6 Å². The zero-order chi connectivity index (χ0) is 8.59. The Bertz CT molecular complexity index is 351. The topological polar surface area (TPSA) is 53.1 Å². The van der Waals surface area contributed by atoms with Gasteiger partial charge in [0.2, 0.25) is 0 Å². The lowest BCUT2D eigenvalue weighted by Gasteiger charge is -2.01. The van der Waals surface area contributed by atoms with Crippen molar-refractivity contribution in [2.45, 2.75) is 0 Å². The fraction of sp³-hybridized carbons (Fsp3) is 0. The van der Waals surface area contributed by atoms with Gasteiger partial charge in [-0.1, -0.05) is 11.6 Å². The molecule has 1 aromatic rings. The molecule has 0 atom stereocenters. The zero-order valence-electron chi connectivity index (χ0n) is 5.19. The van der Waals surface area contributed by atoms with E-state index in [4.69, 9.17) is 24.6 Å². The highest BCUT2D eigenvalue weighted by molar-refractivity contribution is 9.10. The van der Waals surface area contributed by atoms with Gasteiger partial charge in [0.15, 0.2) is 0 Å². The van der Waals surface area contributed by atoms with E-state index in [0.29, 0.717) is 0 Å². The quantitative estimate of drug-likeness (QED) is 0.501. The fourth-order valence-electron chi connectivity index (χ4n) is 0.552. The van der Waals surface area contributed by atoms with E-state index in [0.717, 1.165) is 0 Å². The molecule has 1 aromatic heterocycles. The summed E-state index contributed by atoms with van der Waals surface area (Å²) in [5.41, 5.74) is -0.556. The maximum atomic E-state index is 10.8. The van der Waals surface area contributed by atoms with E-state index < -0.39 is 11.3 Å². The van der Waals surface area contributed by atoms with Crippen LogP contribution in [-0.2, 0) is 0 Å². The zero-order valence-corrected chi connectivity index (χ0v) is 7.53. The molecule has 0 aliphatic heterocycles. The summed E-state index contributed by atoms with van der Waals surface area (Å²) in [5, 5.41) is 8.76. The Morgan fingerprint density at radius 1 is 1.64 bits per heavy atom. The molecule has 0 aliphatic carbocycles. The minimum Gasteiger partial charge on any atom is -0.507 e. The summed E-state index contributed by atoms with van der Waals surface area (Å²) in [5.74, 6) is -0.401. The van der Waals surface area contributed by atoms with Crippen LogP contribution in [0.2, 0.25) is 5.02 Å². The number of nitrogens with one attached hydrogen (secondary N) is 1. The molecule has 0 aliphatic rings. The standard InChI is InChI=1S/C5H2BBrClNO2/c6-1-3(10)2(8)5(11)9-4(1)7/h(H2,9,10,11). The van der Waals surface area contributed by atoms with Crippen LogP contribution >= 0.6 is 27.5 Å². The van der Waals surface area contributed by atoms with Crippen LogP contribution in [0.5, 0.6) is 5.75 Å². The van der Waals surface area contributed by atoms with E-state index in [2.05, 4.69) is 20.9 Å². The second kappa shape index (κ2) is 2.91. The highest BCUT2D eigenvalue weighted by Crippen LogP contribution is 2.16. The number of hydrogen-bond donors (Lipinski definition) is 2. The molecule has 2 N–H and O–H groups in total. The molecule has 56 valence electrons. The number of rotatable bonds is 0. The Kier molecular flexibility index (Phi) is 2.29. The van der Waals surface area contributed by atoms with Gasteiger partial charge in [-0.15, -0.1) is 0 Å². The fourth-order valence-corrected chi connectivity index (χ4v) is 1.07. The number of halogens is 2. The van der Waals surface area contributed by atoms with E-state index in [1.807, 2.05) is 0 Å². The second-order valence-corrected chi connectivity index (χ2v) is 3.02. The highest BCUT2D eigenvalue weighted by atomic mass is 79.9. The Labute approximate surface area is 76.9 Å². The van der Waals surface area contributed by atoms with Crippen molar-refractivity contribution in [1.82, 2.24) is 4.98 Å². The van der Waals surface area contributed by atoms with Gasteiger partial charge >= 0.3 is 0 Å². The number of H-pyrrole nitrogens is 1. The van der Waals surface area contributed by atoms with E-state index in [9.17, 15) is 4.79 Å². The first kappa shape index (κ1) is 8.68. The lowest BCUT2D eigenvalue weighted by atomic mass is 9.98. The largest absolute Gasteiger partial charge is 0.507 e. The average Bonchev–Trinajstić information content (AvgIpc) is 1.97. The smallest absolute Gasteiger partial charge is 0.271 e. The molecule has 0 aromatic carbocycles. The van der Waals surface area contributed by atoms with Crippen LogP contribution < -0.4 is 11.0 Å². The van der Waals surface area contributed by atoms with E-state index >= 15 is 0 Å². The van der Waals surface area contributed by atoms with E-state index in [-0.39, 0.29) is 15.1 Å². The molecule has 0 unspecified atom stereocenters. The molecule has 2 radical (unpaired) electrons. The molecule has 0 bridgehead atoms. The number of aromatic nitrogens is 1. The summed E-state index contributed by atoms with van der Waals surface area (Å²) in [6.45, 7) is 0. The molecule has 1 heterocycles. The van der Waals surface area contributed by atoms with Crippen LogP contribution in [0, 0.1) is 0 Å². The van der Waals surface area contributed by atoms with Crippen LogP contribution in [0.15, 0.2) is 9.40 Å². The third-order valence-corrected chi connectivity index (χ3v) is 2.10. The molecular weight excluding hydrogens is 232 g/mol. The molecule has 0 saturated carbocycles. The van der Waals surface area contributed by atoms with Crippen LogP contribution in [0.3, 0.4) is 0 Å². The van der Waals surface area contributed by atoms with Gasteiger partial charge < -0.3 is 10.1 Å². The third-order valence-electron chi connectivity index (χ3n) is 1.12. The van der Waals surface area contributed by atoms with Gasteiger partial charge in [0.05, 0.1) is 4.60 Å². The number of pyridine rings is 1. The van der Waals surface area contributed by atoms with Crippen LogP contribution in [0.25, 0.3) is 0 Å². The van der Waals surface area contributed by atoms with Crippen molar-refractivity contribution in [1.29, 1.82) is 0 Å². The van der Waals surface area contributed by atoms with Crippen molar-refractivity contribution < 1.29 is 5.11 Å². The van der Waals surface area contributed by atoms with Gasteiger partial charge in [-0.3, -0.25) is 4.79 Å². The number of hydrogen-bond acceptors (Lipinski definition) is 2. The van der Waals surface area contributed by atoms with Crippen molar-refractivity contribution in [3.8, 4) is 5.75 Å². The summed E-state index contributed by atoms with van der Waals surface area (Å²) in [6.07, 6.45) is 0. The highest BCUT2D eigenvalue weighted by Gasteiger charge is 2.08. The molecule has 3 nitrogen and oxygen atoms in total. The van der Waals surface area contributed by atoms with Gasteiger partial charge in [0.25, 0.3) is 5.56 Å². The summed E-state index contributed by atoms with van der Waals surface area (Å²) in [6, 6.07) is 0. The van der Waals surface area contributed by atoms with Crippen molar-refractivity contribution in [3.63, 3.8) is 0 Å². The summed E-state index contributed by atoms with van der Waals surface area (Å²) in [4.78, 5) is 13.1. The number of aromatic hydroxyl groups is 1. The normalized spacial score (nSPS) is 10.0. The molecule has 6 heteroatoms. The second-order valence-electron chi connectivity index (χ2n) is 1.84. The molecule has 0 saturated heterocycles. The number of aromatic amines is 1. The lowest BCUT2D eigenvalue weighted by molar-refractivity contribution is 0.478. The Hall–Kier alpha value is -0.415. The minimum atomic E-state index is -0.578. The van der Waals surface area contributed by atoms with Crippen LogP contribution in [0.4, 0.5) is 0 Å². The Morgan fingerprint density at radius 2 is 2.18 bits per heavy atom. The van der Waals surface area contributed by atoms with Crippen molar-refractivity contribution in [2.24, 2.45) is 0 Å². The van der Waals surface area contributed by atoms with Gasteiger partial charge in [-0.25, -0.2) is 0 Å². The molecule has 0 spiro atoms. The first-order valence-electron chi connectivity index (χ1n) is 2.59. The molecule has 1 rings (SSSR count). The third kappa shape index (κ3) is 1.44. The first-order chi connectivity index (χ1) is 5.04. The molecular formula is C5H2BBrClNO2. The summed E-state index contributed by atoms with van der Waals surface area (Å²) >= 11 is 8.29. The van der Waals surface area contributed by atoms with Crippen molar-refractivity contribution >= 4 is 40.8 Å². The summed E-state index contributed by atoms with van der Waals surface area (Å²) < 4.78 is 0.226. The summed E-state index contributed by atoms with van der Waals surface area (Å²) in [7, 11) is 5.30. The predicted octanol–water partition coefficient (Wildman–Crippen LogP) is 0.290. The van der Waals surface area contributed by atoms with Gasteiger partial charge in [-0.2, -0.15) is 0 Å². The minimum absolute atomic E-state index is 0.0228. The molecule has 0 amide bonds. The van der Waals surface area contributed by atoms with Crippen molar-refractivity contribution in [3.05, 3.63) is 20.0 Å². The van der Waals surface area contributed by atoms with Crippen molar-refractivity contribution in [2.75, 3.05) is 0 Å². The monoisotopic (exact) mass is 233 g/mol. The predicted molar refractivity (Wildman–Crippen MR) is 46.8 cm³/mol. The maximum absolute atomic E-state index is 10.8. The van der Waals surface area contributed by atoms with E-state index in [1.54, 1.807) is 0 Å². The van der Waals surface area contributed by atoms with Crippen LogP contribution in [-0.4, -0.2) is 17.9 Å². The first-order valence-corrected chi connectivity index (χ1v) is 3.77.